The SMILES string of the molecule is CCOc1ccc(C2(CNC(=O)CC3CCCN3)CCOCC2)cc1.Cl. The lowest BCUT2D eigenvalue weighted by Gasteiger charge is -2.38. The lowest BCUT2D eigenvalue weighted by atomic mass is 9.74. The standard InChI is InChI=1S/C20H30N2O3.ClH/c1-2-25-18-7-5-16(6-8-18)20(9-12-24-13-10-20)15-22-19(23)14-17-4-3-11-21-17;/h5-8,17,21H,2-4,9-15H2,1H3,(H,22,23);1H. The Balaban J connectivity index is 0.00000243. The Bertz CT molecular complexity index is 553. The summed E-state index contributed by atoms with van der Waals surface area (Å²) in [6, 6.07) is 8.68. The molecule has 0 saturated carbocycles. The van der Waals surface area contributed by atoms with Gasteiger partial charge in [0.15, 0.2) is 0 Å². The number of carbonyl (C=O) groups excluding carboxylic acids is 1. The molecule has 3 rings (SSSR count). The van der Waals surface area contributed by atoms with Gasteiger partial charge < -0.3 is 20.1 Å². The average molecular weight is 383 g/mol. The van der Waals surface area contributed by atoms with Crippen LogP contribution in [0.1, 0.15) is 44.6 Å². The second kappa shape index (κ2) is 10.1. The largest absolute Gasteiger partial charge is 0.494 e. The second-order valence-corrected chi connectivity index (χ2v) is 7.12. The molecule has 0 aromatic heterocycles. The molecule has 1 unspecified atom stereocenters. The molecule has 5 nitrogen and oxygen atoms in total. The zero-order valence-electron chi connectivity index (χ0n) is 15.6. The van der Waals surface area contributed by atoms with Gasteiger partial charge in [0.2, 0.25) is 5.91 Å². The van der Waals surface area contributed by atoms with E-state index in [0.29, 0.717) is 25.6 Å². The van der Waals surface area contributed by atoms with E-state index in [-0.39, 0.29) is 23.7 Å². The molecule has 2 aliphatic rings. The van der Waals surface area contributed by atoms with E-state index in [0.717, 1.165) is 44.8 Å². The molecule has 6 heteroatoms. The van der Waals surface area contributed by atoms with Gasteiger partial charge in [0.1, 0.15) is 5.75 Å². The highest BCUT2D eigenvalue weighted by atomic mass is 35.5. The number of ether oxygens (including phenoxy) is 2. The third kappa shape index (κ3) is 5.35. The fraction of sp³-hybridized carbons (Fsp3) is 0.650. The van der Waals surface area contributed by atoms with E-state index in [1.807, 2.05) is 19.1 Å². The summed E-state index contributed by atoms with van der Waals surface area (Å²) < 4.78 is 11.1. The van der Waals surface area contributed by atoms with Crippen LogP contribution in [0.3, 0.4) is 0 Å². The molecule has 26 heavy (non-hydrogen) atoms. The number of nitrogens with one attached hydrogen (secondary N) is 2. The van der Waals surface area contributed by atoms with E-state index in [1.165, 1.54) is 12.0 Å². The number of amides is 1. The quantitative estimate of drug-likeness (QED) is 0.761. The number of benzene rings is 1. The molecule has 2 saturated heterocycles. The Kier molecular flexibility index (Phi) is 8.19. The van der Waals surface area contributed by atoms with Gasteiger partial charge in [-0.25, -0.2) is 0 Å². The molecule has 1 aromatic rings. The van der Waals surface area contributed by atoms with E-state index >= 15 is 0 Å². The number of hydrogen-bond acceptors (Lipinski definition) is 4. The normalized spacial score (nSPS) is 21.7. The van der Waals surface area contributed by atoms with Gasteiger partial charge in [-0.15, -0.1) is 12.4 Å². The number of halogens is 1. The van der Waals surface area contributed by atoms with Crippen LogP contribution in [0, 0.1) is 0 Å². The molecule has 2 aliphatic heterocycles. The molecular weight excluding hydrogens is 352 g/mol. The van der Waals surface area contributed by atoms with E-state index in [4.69, 9.17) is 9.47 Å². The highest BCUT2D eigenvalue weighted by Crippen LogP contribution is 2.35. The first kappa shape index (κ1) is 21.0. The van der Waals surface area contributed by atoms with Crippen molar-refractivity contribution in [3.63, 3.8) is 0 Å². The van der Waals surface area contributed by atoms with Crippen LogP contribution < -0.4 is 15.4 Å². The van der Waals surface area contributed by atoms with Crippen molar-refractivity contribution in [3.05, 3.63) is 29.8 Å². The molecule has 1 atom stereocenters. The van der Waals surface area contributed by atoms with Gasteiger partial charge in [0.25, 0.3) is 0 Å². The maximum absolute atomic E-state index is 12.4. The van der Waals surface area contributed by atoms with Crippen LogP contribution in [-0.2, 0) is 14.9 Å². The maximum Gasteiger partial charge on any atom is 0.221 e. The predicted molar refractivity (Wildman–Crippen MR) is 105 cm³/mol. The minimum Gasteiger partial charge on any atom is -0.494 e. The Labute approximate surface area is 162 Å². The van der Waals surface area contributed by atoms with Gasteiger partial charge in [0.05, 0.1) is 6.61 Å². The fourth-order valence-electron chi connectivity index (χ4n) is 3.90. The summed E-state index contributed by atoms with van der Waals surface area (Å²) in [7, 11) is 0. The van der Waals surface area contributed by atoms with Gasteiger partial charge in [-0.05, 0) is 56.8 Å². The lowest BCUT2D eigenvalue weighted by molar-refractivity contribution is -0.122. The van der Waals surface area contributed by atoms with Gasteiger partial charge in [-0.1, -0.05) is 12.1 Å². The molecule has 2 N–H and O–H groups in total. The van der Waals surface area contributed by atoms with Crippen molar-refractivity contribution in [1.82, 2.24) is 10.6 Å². The Hall–Kier alpha value is -1.30. The molecule has 1 aromatic carbocycles. The summed E-state index contributed by atoms with van der Waals surface area (Å²) in [6.45, 7) is 5.86. The summed E-state index contributed by atoms with van der Waals surface area (Å²) in [5.41, 5.74) is 1.22. The first-order valence-corrected chi connectivity index (χ1v) is 9.53. The van der Waals surface area contributed by atoms with E-state index in [9.17, 15) is 4.79 Å². The van der Waals surface area contributed by atoms with E-state index < -0.39 is 0 Å². The van der Waals surface area contributed by atoms with Crippen LogP contribution >= 0.6 is 12.4 Å². The first-order chi connectivity index (χ1) is 12.2. The van der Waals surface area contributed by atoms with Crippen LogP contribution in [0.15, 0.2) is 24.3 Å². The zero-order chi connectivity index (χ0) is 17.5. The third-order valence-electron chi connectivity index (χ3n) is 5.45. The summed E-state index contributed by atoms with van der Waals surface area (Å²) in [5.74, 6) is 1.04. The van der Waals surface area contributed by atoms with Crippen molar-refractivity contribution in [3.8, 4) is 5.75 Å². The summed E-state index contributed by atoms with van der Waals surface area (Å²) in [5, 5.41) is 6.58. The highest BCUT2D eigenvalue weighted by Gasteiger charge is 2.35. The summed E-state index contributed by atoms with van der Waals surface area (Å²) in [6.07, 6.45) is 4.72. The molecule has 1 amide bonds. The monoisotopic (exact) mass is 382 g/mol. The summed E-state index contributed by atoms with van der Waals surface area (Å²) in [4.78, 5) is 12.4. The minimum atomic E-state index is -0.0399. The third-order valence-corrected chi connectivity index (χ3v) is 5.45. The predicted octanol–water partition coefficient (Wildman–Crippen LogP) is 2.81. The van der Waals surface area contributed by atoms with Crippen molar-refractivity contribution in [2.24, 2.45) is 0 Å². The smallest absolute Gasteiger partial charge is 0.221 e. The number of hydrogen-bond donors (Lipinski definition) is 2. The van der Waals surface area contributed by atoms with Crippen molar-refractivity contribution in [2.45, 2.75) is 50.5 Å². The second-order valence-electron chi connectivity index (χ2n) is 7.12. The number of carbonyl (C=O) groups is 1. The number of rotatable bonds is 7. The maximum atomic E-state index is 12.4. The highest BCUT2D eigenvalue weighted by molar-refractivity contribution is 5.85. The van der Waals surface area contributed by atoms with E-state index in [1.54, 1.807) is 0 Å². The molecular formula is C20H31ClN2O3. The van der Waals surface area contributed by atoms with Crippen LogP contribution in [0.2, 0.25) is 0 Å². The molecule has 0 bridgehead atoms. The van der Waals surface area contributed by atoms with Crippen molar-refractivity contribution >= 4 is 18.3 Å². The van der Waals surface area contributed by atoms with Crippen molar-refractivity contribution < 1.29 is 14.3 Å². The fourth-order valence-corrected chi connectivity index (χ4v) is 3.90. The van der Waals surface area contributed by atoms with Crippen LogP contribution in [0.4, 0.5) is 0 Å². The molecule has 2 heterocycles. The lowest BCUT2D eigenvalue weighted by Crippen LogP contribution is -2.45. The zero-order valence-corrected chi connectivity index (χ0v) is 16.4. The Morgan fingerprint density at radius 3 is 2.65 bits per heavy atom. The summed E-state index contributed by atoms with van der Waals surface area (Å²) >= 11 is 0. The van der Waals surface area contributed by atoms with E-state index in [2.05, 4.69) is 22.8 Å². The van der Waals surface area contributed by atoms with Gasteiger partial charge in [-0.2, -0.15) is 0 Å². The van der Waals surface area contributed by atoms with Crippen LogP contribution in [0.5, 0.6) is 5.75 Å². The molecule has 146 valence electrons. The topological polar surface area (TPSA) is 59.6 Å². The first-order valence-electron chi connectivity index (χ1n) is 9.53. The molecule has 0 spiro atoms. The van der Waals surface area contributed by atoms with Gasteiger partial charge in [-0.3, -0.25) is 4.79 Å². The van der Waals surface area contributed by atoms with Crippen LogP contribution in [-0.4, -0.2) is 44.9 Å². The van der Waals surface area contributed by atoms with Gasteiger partial charge in [0, 0.05) is 37.6 Å². The van der Waals surface area contributed by atoms with Gasteiger partial charge >= 0.3 is 0 Å². The average Bonchev–Trinajstić information content (AvgIpc) is 3.15. The van der Waals surface area contributed by atoms with Crippen LogP contribution in [0.25, 0.3) is 0 Å². The van der Waals surface area contributed by atoms with Crippen molar-refractivity contribution in [1.29, 1.82) is 0 Å². The molecule has 2 fully saturated rings. The molecule has 0 radical (unpaired) electrons. The Morgan fingerprint density at radius 2 is 2.04 bits per heavy atom. The molecule has 0 aliphatic carbocycles. The Morgan fingerprint density at radius 1 is 1.31 bits per heavy atom. The minimum absolute atomic E-state index is 0. The van der Waals surface area contributed by atoms with Crippen molar-refractivity contribution in [2.75, 3.05) is 32.9 Å².